The molecule has 1 aliphatic carbocycles. The zero-order valence-electron chi connectivity index (χ0n) is 13.0. The Morgan fingerprint density at radius 3 is 2.92 bits per heavy atom. The number of hydrogen-bond acceptors (Lipinski definition) is 4. The molecule has 2 N–H and O–H groups in total. The van der Waals surface area contributed by atoms with Gasteiger partial charge < -0.3 is 14.3 Å². The van der Waals surface area contributed by atoms with Crippen molar-refractivity contribution in [1.29, 1.82) is 5.41 Å². The number of aromatic amines is 1. The van der Waals surface area contributed by atoms with Crippen molar-refractivity contribution >= 4 is 11.2 Å². The average molecular weight is 327 g/mol. The summed E-state index contributed by atoms with van der Waals surface area (Å²) in [5, 5.41) is 8.18. The first-order valence-corrected chi connectivity index (χ1v) is 7.94. The highest BCUT2D eigenvalue weighted by Gasteiger charge is 2.43. The third-order valence-corrected chi connectivity index (χ3v) is 4.58. The van der Waals surface area contributed by atoms with Crippen LogP contribution in [0, 0.1) is 11.3 Å². The van der Waals surface area contributed by atoms with Crippen LogP contribution in [0.25, 0.3) is 11.2 Å². The number of hydrogen-bond donors (Lipinski definition) is 2. The van der Waals surface area contributed by atoms with Gasteiger partial charge in [-0.05, 0) is 12.0 Å². The number of rotatable bonds is 5. The van der Waals surface area contributed by atoms with E-state index in [2.05, 4.69) is 15.0 Å². The SMILES string of the molecule is N=c1c2[nH]cnc2ncn1C1CC(COCc2ccccc2)C1F. The Morgan fingerprint density at radius 2 is 2.12 bits per heavy atom. The summed E-state index contributed by atoms with van der Waals surface area (Å²) in [7, 11) is 0. The smallest absolute Gasteiger partial charge is 0.182 e. The highest BCUT2D eigenvalue weighted by Crippen LogP contribution is 2.40. The summed E-state index contributed by atoms with van der Waals surface area (Å²) in [6, 6.07) is 9.50. The van der Waals surface area contributed by atoms with Gasteiger partial charge in [0.15, 0.2) is 11.1 Å². The Labute approximate surface area is 137 Å². The first-order chi connectivity index (χ1) is 11.7. The summed E-state index contributed by atoms with van der Waals surface area (Å²) in [4.78, 5) is 11.1. The number of alkyl halides is 1. The van der Waals surface area contributed by atoms with Crippen molar-refractivity contribution in [2.75, 3.05) is 6.61 Å². The van der Waals surface area contributed by atoms with Crippen molar-refractivity contribution in [3.8, 4) is 0 Å². The van der Waals surface area contributed by atoms with E-state index in [4.69, 9.17) is 10.1 Å². The molecule has 2 aromatic heterocycles. The molecule has 0 saturated heterocycles. The molecule has 2 heterocycles. The van der Waals surface area contributed by atoms with Crippen LogP contribution in [0.15, 0.2) is 43.0 Å². The maximum absolute atomic E-state index is 14.5. The molecule has 1 fully saturated rings. The third-order valence-electron chi connectivity index (χ3n) is 4.58. The Kier molecular flexibility index (Phi) is 3.86. The molecular formula is C17H18FN5O. The fourth-order valence-electron chi connectivity index (χ4n) is 3.13. The fraction of sp³-hybridized carbons (Fsp3) is 0.353. The van der Waals surface area contributed by atoms with Gasteiger partial charge >= 0.3 is 0 Å². The summed E-state index contributed by atoms with van der Waals surface area (Å²) in [5.74, 6) is -0.136. The molecule has 0 spiro atoms. The normalized spacial score (nSPS) is 23.3. The number of fused-ring (bicyclic) bond motifs is 1. The Morgan fingerprint density at radius 1 is 1.29 bits per heavy atom. The summed E-state index contributed by atoms with van der Waals surface area (Å²) >= 11 is 0. The van der Waals surface area contributed by atoms with Crippen LogP contribution in [-0.4, -0.2) is 32.3 Å². The molecule has 6 nitrogen and oxygen atoms in total. The maximum Gasteiger partial charge on any atom is 0.182 e. The van der Waals surface area contributed by atoms with E-state index in [9.17, 15) is 4.39 Å². The Balaban J connectivity index is 1.38. The van der Waals surface area contributed by atoms with Gasteiger partial charge in [0.1, 0.15) is 11.7 Å². The number of imidazole rings is 1. The van der Waals surface area contributed by atoms with E-state index in [1.54, 1.807) is 4.57 Å². The molecular weight excluding hydrogens is 309 g/mol. The molecule has 1 aliphatic rings. The molecule has 0 bridgehead atoms. The number of halogens is 1. The van der Waals surface area contributed by atoms with Crippen LogP contribution in [0.3, 0.4) is 0 Å². The van der Waals surface area contributed by atoms with Gasteiger partial charge in [-0.25, -0.2) is 14.4 Å². The van der Waals surface area contributed by atoms with E-state index in [0.717, 1.165) is 5.56 Å². The second-order valence-corrected chi connectivity index (χ2v) is 6.11. The van der Waals surface area contributed by atoms with Gasteiger partial charge in [0.2, 0.25) is 0 Å². The van der Waals surface area contributed by atoms with Crippen molar-refractivity contribution in [1.82, 2.24) is 19.5 Å². The van der Waals surface area contributed by atoms with Crippen molar-refractivity contribution < 1.29 is 9.13 Å². The molecule has 3 aromatic rings. The molecule has 124 valence electrons. The van der Waals surface area contributed by atoms with Gasteiger partial charge in [-0.3, -0.25) is 5.41 Å². The lowest BCUT2D eigenvalue weighted by atomic mass is 9.78. The molecule has 1 aromatic carbocycles. The first-order valence-electron chi connectivity index (χ1n) is 7.94. The van der Waals surface area contributed by atoms with Crippen LogP contribution < -0.4 is 5.49 Å². The van der Waals surface area contributed by atoms with E-state index >= 15 is 0 Å². The summed E-state index contributed by atoms with van der Waals surface area (Å²) in [5.41, 5.74) is 2.32. The Hall–Kier alpha value is -2.54. The number of benzene rings is 1. The van der Waals surface area contributed by atoms with Gasteiger partial charge in [-0.15, -0.1) is 0 Å². The lowest BCUT2D eigenvalue weighted by molar-refractivity contribution is -0.0316. The molecule has 4 rings (SSSR count). The third kappa shape index (κ3) is 2.60. The zero-order chi connectivity index (χ0) is 16.5. The quantitative estimate of drug-likeness (QED) is 0.755. The summed E-state index contributed by atoms with van der Waals surface area (Å²) in [6.45, 7) is 0.882. The molecule has 1 saturated carbocycles. The second kappa shape index (κ2) is 6.16. The largest absolute Gasteiger partial charge is 0.376 e. The minimum atomic E-state index is -1.03. The zero-order valence-corrected chi connectivity index (χ0v) is 13.0. The topological polar surface area (TPSA) is 79.6 Å². The number of aromatic nitrogens is 4. The summed E-state index contributed by atoms with van der Waals surface area (Å²) in [6.07, 6.45) is 2.61. The van der Waals surface area contributed by atoms with E-state index in [1.807, 2.05) is 30.3 Å². The molecule has 0 amide bonds. The fourth-order valence-corrected chi connectivity index (χ4v) is 3.13. The van der Waals surface area contributed by atoms with Crippen LogP contribution in [0.2, 0.25) is 0 Å². The van der Waals surface area contributed by atoms with Gasteiger partial charge in [-0.1, -0.05) is 30.3 Å². The molecule has 0 aliphatic heterocycles. The van der Waals surface area contributed by atoms with Crippen LogP contribution >= 0.6 is 0 Å². The lowest BCUT2D eigenvalue weighted by Crippen LogP contribution is -2.46. The highest BCUT2D eigenvalue weighted by molar-refractivity contribution is 5.67. The maximum atomic E-state index is 14.5. The number of nitrogens with zero attached hydrogens (tertiary/aromatic N) is 3. The predicted octanol–water partition coefficient (Wildman–Crippen LogP) is 2.35. The average Bonchev–Trinajstić information content (AvgIpc) is 3.09. The molecule has 0 radical (unpaired) electrons. The number of nitrogens with one attached hydrogen (secondary N) is 2. The van der Waals surface area contributed by atoms with Crippen molar-refractivity contribution in [2.45, 2.75) is 25.2 Å². The van der Waals surface area contributed by atoms with E-state index in [0.29, 0.717) is 30.8 Å². The second-order valence-electron chi connectivity index (χ2n) is 6.11. The molecule has 7 heteroatoms. The highest BCUT2D eigenvalue weighted by atomic mass is 19.1. The molecule has 3 atom stereocenters. The van der Waals surface area contributed by atoms with Crippen LogP contribution in [0.5, 0.6) is 0 Å². The minimum absolute atomic E-state index is 0.136. The van der Waals surface area contributed by atoms with E-state index < -0.39 is 6.17 Å². The lowest BCUT2D eigenvalue weighted by Gasteiger charge is -2.40. The minimum Gasteiger partial charge on any atom is -0.376 e. The van der Waals surface area contributed by atoms with Crippen molar-refractivity contribution in [3.63, 3.8) is 0 Å². The monoisotopic (exact) mass is 327 g/mol. The Bertz CT molecular complexity index is 891. The van der Waals surface area contributed by atoms with Crippen molar-refractivity contribution in [3.05, 3.63) is 54.0 Å². The van der Waals surface area contributed by atoms with E-state index in [-0.39, 0.29) is 17.4 Å². The number of H-pyrrole nitrogens is 1. The van der Waals surface area contributed by atoms with Gasteiger partial charge in [0.25, 0.3) is 0 Å². The molecule has 3 unspecified atom stereocenters. The predicted molar refractivity (Wildman–Crippen MR) is 85.9 cm³/mol. The van der Waals surface area contributed by atoms with Gasteiger partial charge in [0.05, 0.1) is 31.9 Å². The first kappa shape index (κ1) is 15.0. The standard InChI is InChI=1S/C17H18FN5O/c18-14-12(8-24-7-11-4-2-1-3-5-11)6-13(14)23-10-22-17-15(16(23)19)20-9-21-17/h1-5,9-10,12-14,19H,6-8H2,(H,20,21). The van der Waals surface area contributed by atoms with E-state index in [1.165, 1.54) is 12.7 Å². The van der Waals surface area contributed by atoms with Crippen LogP contribution in [0.1, 0.15) is 18.0 Å². The van der Waals surface area contributed by atoms with Crippen LogP contribution in [0.4, 0.5) is 4.39 Å². The number of ether oxygens (including phenoxy) is 1. The van der Waals surface area contributed by atoms with Gasteiger partial charge in [-0.2, -0.15) is 0 Å². The van der Waals surface area contributed by atoms with Gasteiger partial charge in [0, 0.05) is 5.92 Å². The summed E-state index contributed by atoms with van der Waals surface area (Å²) < 4.78 is 21.7. The van der Waals surface area contributed by atoms with Crippen molar-refractivity contribution in [2.24, 2.45) is 5.92 Å². The molecule has 24 heavy (non-hydrogen) atoms. The van der Waals surface area contributed by atoms with Crippen LogP contribution in [-0.2, 0) is 11.3 Å².